The van der Waals surface area contributed by atoms with E-state index < -0.39 is 0 Å². The van der Waals surface area contributed by atoms with E-state index in [-0.39, 0.29) is 5.91 Å². The average molecular weight is 437 g/mol. The van der Waals surface area contributed by atoms with Crippen molar-refractivity contribution in [3.8, 4) is 0 Å². The minimum Gasteiger partial charge on any atom is -0.322 e. The first kappa shape index (κ1) is 13.8. The Balaban J connectivity index is 2.22. The largest absolute Gasteiger partial charge is 0.322 e. The van der Waals surface area contributed by atoms with Crippen LogP contribution >= 0.6 is 50.1 Å². The van der Waals surface area contributed by atoms with E-state index in [0.717, 1.165) is 8.04 Å². The van der Waals surface area contributed by atoms with Gasteiger partial charge in [0.2, 0.25) is 0 Å². The van der Waals surface area contributed by atoms with E-state index in [9.17, 15) is 4.79 Å². The van der Waals surface area contributed by atoms with Gasteiger partial charge in [0.15, 0.2) is 0 Å². The predicted molar refractivity (Wildman–Crippen MR) is 84.1 cm³/mol. The number of halogens is 3. The first-order valence-electron chi connectivity index (χ1n) is 4.94. The number of hydrogen-bond acceptors (Lipinski definition) is 2. The van der Waals surface area contributed by atoms with Crippen LogP contribution in [0.1, 0.15) is 10.4 Å². The molecule has 0 atom stereocenters. The van der Waals surface area contributed by atoms with E-state index in [1.165, 1.54) is 6.20 Å². The molecule has 0 bridgehead atoms. The highest BCUT2D eigenvalue weighted by Crippen LogP contribution is 2.23. The number of carbonyl (C=O) groups is 1. The lowest BCUT2D eigenvalue weighted by Crippen LogP contribution is -2.12. The van der Waals surface area contributed by atoms with Crippen molar-refractivity contribution in [3.63, 3.8) is 0 Å². The molecule has 0 fully saturated rings. The minimum absolute atomic E-state index is 0.272. The summed E-state index contributed by atoms with van der Waals surface area (Å²) in [5, 5.41) is 3.16. The van der Waals surface area contributed by atoms with Crippen LogP contribution in [-0.2, 0) is 0 Å². The summed E-state index contributed by atoms with van der Waals surface area (Å²) in [6.07, 6.45) is 2.99. The van der Waals surface area contributed by atoms with Crippen LogP contribution in [0, 0.1) is 3.57 Å². The zero-order chi connectivity index (χ0) is 13.1. The van der Waals surface area contributed by atoms with Crippen molar-refractivity contribution in [3.05, 3.63) is 55.3 Å². The Morgan fingerprint density at radius 3 is 2.83 bits per heavy atom. The molecule has 2 aromatic rings. The number of benzene rings is 1. The van der Waals surface area contributed by atoms with Crippen LogP contribution in [0.2, 0.25) is 5.02 Å². The zero-order valence-corrected chi connectivity index (χ0v) is 13.5. The molecule has 0 spiro atoms. The molecule has 0 saturated carbocycles. The maximum Gasteiger partial charge on any atom is 0.258 e. The van der Waals surface area contributed by atoms with Gasteiger partial charge in [-0.15, -0.1) is 0 Å². The lowest BCUT2D eigenvalue weighted by Gasteiger charge is -2.07. The summed E-state index contributed by atoms with van der Waals surface area (Å²) < 4.78 is 2.00. The first-order chi connectivity index (χ1) is 8.58. The average Bonchev–Trinajstić information content (AvgIpc) is 2.34. The molecule has 1 amide bonds. The lowest BCUT2D eigenvalue weighted by atomic mass is 10.2. The number of hydrogen-bond donors (Lipinski definition) is 1. The van der Waals surface area contributed by atoms with Gasteiger partial charge in [-0.3, -0.25) is 9.78 Å². The van der Waals surface area contributed by atoms with Crippen molar-refractivity contribution in [2.45, 2.75) is 0 Å². The molecule has 0 unspecified atom stereocenters. The number of carbonyl (C=O) groups excluding carboxylic acids is 1. The Bertz CT molecular complexity index is 606. The number of nitrogens with zero attached hydrogens (tertiary/aromatic N) is 1. The number of anilines is 1. The van der Waals surface area contributed by atoms with E-state index in [1.54, 1.807) is 12.3 Å². The molecule has 1 N–H and O–H groups in total. The molecule has 3 nitrogen and oxygen atoms in total. The van der Waals surface area contributed by atoms with Crippen molar-refractivity contribution >= 4 is 61.7 Å². The molecule has 1 aromatic heterocycles. The molecular weight excluding hydrogens is 430 g/mol. The van der Waals surface area contributed by atoms with E-state index in [2.05, 4.69) is 48.8 Å². The van der Waals surface area contributed by atoms with Crippen LogP contribution in [-0.4, -0.2) is 10.9 Å². The molecule has 92 valence electrons. The maximum atomic E-state index is 12.0. The number of rotatable bonds is 2. The molecular formula is C12H7BrClIN2O. The van der Waals surface area contributed by atoms with Gasteiger partial charge in [0.05, 0.1) is 10.6 Å². The molecule has 1 aromatic carbocycles. The summed E-state index contributed by atoms with van der Waals surface area (Å²) in [6, 6.07) is 7.14. The normalized spacial score (nSPS) is 10.2. The highest BCUT2D eigenvalue weighted by molar-refractivity contribution is 14.1. The molecule has 0 aliphatic heterocycles. The fourth-order valence-corrected chi connectivity index (χ4v) is 2.27. The lowest BCUT2D eigenvalue weighted by molar-refractivity contribution is 0.102. The molecule has 2 rings (SSSR count). The molecule has 0 saturated heterocycles. The van der Waals surface area contributed by atoms with Crippen molar-refractivity contribution < 1.29 is 4.79 Å². The number of amides is 1. The van der Waals surface area contributed by atoms with Gasteiger partial charge in [0.1, 0.15) is 0 Å². The molecule has 1 heterocycles. The van der Waals surface area contributed by atoms with E-state index in [0.29, 0.717) is 16.3 Å². The summed E-state index contributed by atoms with van der Waals surface area (Å²) in [7, 11) is 0. The topological polar surface area (TPSA) is 42.0 Å². The molecule has 6 heteroatoms. The summed E-state index contributed by atoms with van der Waals surface area (Å²) in [6.45, 7) is 0. The maximum absolute atomic E-state index is 12.0. The van der Waals surface area contributed by atoms with Crippen molar-refractivity contribution in [1.82, 2.24) is 4.98 Å². The SMILES string of the molecule is O=C(Nc1ccc(Br)c(I)c1)c1cnccc1Cl. The molecule has 0 radical (unpaired) electrons. The van der Waals surface area contributed by atoms with E-state index in [4.69, 9.17) is 11.6 Å². The standard InChI is InChI=1S/C12H7BrClIN2O/c13-9-2-1-7(5-11(9)15)17-12(18)8-6-16-4-3-10(8)14/h1-6H,(H,17,18). The van der Waals surface area contributed by atoms with Gasteiger partial charge < -0.3 is 5.32 Å². The Morgan fingerprint density at radius 2 is 2.17 bits per heavy atom. The highest BCUT2D eigenvalue weighted by Gasteiger charge is 2.10. The Hall–Kier alpha value is -0.660. The quantitative estimate of drug-likeness (QED) is 0.710. The molecule has 0 aliphatic carbocycles. The van der Waals surface area contributed by atoms with Gasteiger partial charge >= 0.3 is 0 Å². The number of nitrogens with one attached hydrogen (secondary N) is 1. The Kier molecular flexibility index (Phi) is 4.58. The molecule has 18 heavy (non-hydrogen) atoms. The fraction of sp³-hybridized carbons (Fsp3) is 0. The number of aromatic nitrogens is 1. The van der Waals surface area contributed by atoms with Gasteiger partial charge in [0.25, 0.3) is 5.91 Å². The third-order valence-corrected chi connectivity index (χ3v) is 4.84. The first-order valence-corrected chi connectivity index (χ1v) is 7.19. The highest BCUT2D eigenvalue weighted by atomic mass is 127. The van der Waals surface area contributed by atoms with Crippen molar-refractivity contribution in [2.75, 3.05) is 5.32 Å². The van der Waals surface area contributed by atoms with Gasteiger partial charge in [-0.2, -0.15) is 0 Å². The third kappa shape index (κ3) is 3.21. The van der Waals surface area contributed by atoms with Crippen molar-refractivity contribution in [2.24, 2.45) is 0 Å². The Morgan fingerprint density at radius 1 is 1.39 bits per heavy atom. The van der Waals surface area contributed by atoms with Gasteiger partial charge in [-0.05, 0) is 62.8 Å². The van der Waals surface area contributed by atoms with Crippen LogP contribution in [0.25, 0.3) is 0 Å². The summed E-state index contributed by atoms with van der Waals surface area (Å²) in [5.74, 6) is -0.272. The second-order valence-electron chi connectivity index (χ2n) is 3.44. The van der Waals surface area contributed by atoms with Crippen LogP contribution < -0.4 is 5.32 Å². The summed E-state index contributed by atoms with van der Waals surface area (Å²) in [5.41, 5.74) is 1.07. The van der Waals surface area contributed by atoms with Crippen LogP contribution in [0.5, 0.6) is 0 Å². The summed E-state index contributed by atoms with van der Waals surface area (Å²) in [4.78, 5) is 15.9. The van der Waals surface area contributed by atoms with Crippen molar-refractivity contribution in [1.29, 1.82) is 0 Å². The van der Waals surface area contributed by atoms with Gasteiger partial charge in [-0.1, -0.05) is 11.6 Å². The fourth-order valence-electron chi connectivity index (χ4n) is 1.32. The van der Waals surface area contributed by atoms with Crippen LogP contribution in [0.3, 0.4) is 0 Å². The third-order valence-electron chi connectivity index (χ3n) is 2.19. The second kappa shape index (κ2) is 5.99. The smallest absolute Gasteiger partial charge is 0.258 e. The van der Waals surface area contributed by atoms with E-state index in [1.807, 2.05) is 18.2 Å². The van der Waals surface area contributed by atoms with E-state index >= 15 is 0 Å². The minimum atomic E-state index is -0.272. The summed E-state index contributed by atoms with van der Waals surface area (Å²) >= 11 is 11.5. The predicted octanol–water partition coefficient (Wildman–Crippen LogP) is 4.35. The second-order valence-corrected chi connectivity index (χ2v) is 5.86. The van der Waals surface area contributed by atoms with Gasteiger partial charge in [-0.25, -0.2) is 0 Å². The zero-order valence-electron chi connectivity index (χ0n) is 8.95. The Labute approximate surface area is 131 Å². The monoisotopic (exact) mass is 436 g/mol. The molecule has 0 aliphatic rings. The van der Waals surface area contributed by atoms with Gasteiger partial charge in [0, 0.05) is 26.1 Å². The van der Waals surface area contributed by atoms with Crippen LogP contribution in [0.4, 0.5) is 5.69 Å². The van der Waals surface area contributed by atoms with Crippen LogP contribution in [0.15, 0.2) is 41.1 Å². The number of pyridine rings is 1.